The number of pyridine rings is 1. The third-order valence-corrected chi connectivity index (χ3v) is 6.84. The van der Waals surface area contributed by atoms with E-state index < -0.39 is 0 Å². The third-order valence-electron chi connectivity index (χ3n) is 6.84. The van der Waals surface area contributed by atoms with Crippen molar-refractivity contribution in [2.45, 2.75) is 19.3 Å². The van der Waals surface area contributed by atoms with Gasteiger partial charge >= 0.3 is 0 Å². The molecule has 0 radical (unpaired) electrons. The topological polar surface area (TPSA) is 65.1 Å². The van der Waals surface area contributed by atoms with Crippen molar-refractivity contribution in [2.24, 2.45) is 0 Å². The number of aromatic amines is 1. The van der Waals surface area contributed by atoms with E-state index in [1.165, 1.54) is 16.5 Å². The maximum absolute atomic E-state index is 12.9. The fourth-order valence-electron chi connectivity index (χ4n) is 5.09. The van der Waals surface area contributed by atoms with Gasteiger partial charge in [0.15, 0.2) is 0 Å². The fraction of sp³-hybridized carbons (Fsp3) is 0.320. The summed E-state index contributed by atoms with van der Waals surface area (Å²) in [5, 5.41) is 9.71. The first-order valence-corrected chi connectivity index (χ1v) is 11.0. The van der Waals surface area contributed by atoms with Gasteiger partial charge in [0.2, 0.25) is 0 Å². The van der Waals surface area contributed by atoms with Gasteiger partial charge in [0.05, 0.1) is 22.9 Å². The molecule has 0 unspecified atom stereocenters. The van der Waals surface area contributed by atoms with Gasteiger partial charge in [-0.3, -0.25) is 9.89 Å². The molecule has 2 aromatic heterocycles. The van der Waals surface area contributed by atoms with Crippen LogP contribution in [0.15, 0.2) is 42.6 Å². The Morgan fingerprint density at radius 2 is 1.74 bits per heavy atom. The molecule has 1 amide bonds. The summed E-state index contributed by atoms with van der Waals surface area (Å²) in [5.74, 6) is 0.124. The molecule has 2 aliphatic rings. The molecule has 6 rings (SSSR count). The van der Waals surface area contributed by atoms with Gasteiger partial charge in [-0.05, 0) is 61.7 Å². The summed E-state index contributed by atoms with van der Waals surface area (Å²) in [6, 6.07) is 12.2. The molecule has 0 bridgehead atoms. The smallest absolute Gasteiger partial charge is 0.253 e. The Labute approximate surface area is 180 Å². The van der Waals surface area contributed by atoms with E-state index in [1.54, 1.807) is 0 Å². The van der Waals surface area contributed by atoms with E-state index in [1.807, 2.05) is 23.2 Å². The first-order chi connectivity index (χ1) is 15.2. The van der Waals surface area contributed by atoms with E-state index >= 15 is 0 Å². The minimum atomic E-state index is 0.124. The monoisotopic (exact) mass is 411 g/mol. The van der Waals surface area contributed by atoms with Crippen LogP contribution in [-0.4, -0.2) is 64.1 Å². The number of H-pyrrole nitrogens is 1. The molecule has 0 atom stereocenters. The summed E-state index contributed by atoms with van der Waals surface area (Å²) < 4.78 is 0. The zero-order valence-electron chi connectivity index (χ0n) is 17.7. The molecule has 1 fully saturated rings. The standard InChI is InChI=1S/C25H25N5O/c1-29-11-13-30(14-12-29)25(31)17-7-5-16(6-8-17)24-19-4-2-3-18(19)23-20-15-26-28-21(20)9-10-22(23)27-24/h5-10,15H,2-4,11-14H2,1H3,(H,26,28). The number of hydrogen-bond donors (Lipinski definition) is 1. The second-order valence-corrected chi connectivity index (χ2v) is 8.73. The normalized spacial score (nSPS) is 16.9. The summed E-state index contributed by atoms with van der Waals surface area (Å²) in [5.41, 5.74) is 7.73. The van der Waals surface area contributed by atoms with Crippen molar-refractivity contribution in [3.8, 4) is 11.3 Å². The lowest BCUT2D eigenvalue weighted by molar-refractivity contribution is 0.0664. The van der Waals surface area contributed by atoms with Gasteiger partial charge in [0.25, 0.3) is 5.91 Å². The van der Waals surface area contributed by atoms with E-state index in [9.17, 15) is 4.79 Å². The number of nitrogens with one attached hydrogen (secondary N) is 1. The van der Waals surface area contributed by atoms with Crippen molar-refractivity contribution in [3.05, 3.63) is 59.3 Å². The number of aryl methyl sites for hydroxylation is 1. The first kappa shape index (κ1) is 18.5. The van der Waals surface area contributed by atoms with E-state index in [2.05, 4.69) is 46.4 Å². The Kier molecular flexibility index (Phi) is 4.28. The predicted octanol–water partition coefficient (Wildman–Crippen LogP) is 3.65. The number of fused-ring (bicyclic) bond motifs is 5. The van der Waals surface area contributed by atoms with Crippen molar-refractivity contribution < 1.29 is 4.79 Å². The van der Waals surface area contributed by atoms with Gasteiger partial charge in [0.1, 0.15) is 0 Å². The van der Waals surface area contributed by atoms with Crippen molar-refractivity contribution >= 4 is 27.7 Å². The van der Waals surface area contributed by atoms with Crippen molar-refractivity contribution in [1.29, 1.82) is 0 Å². The lowest BCUT2D eigenvalue weighted by atomic mass is 9.96. The Morgan fingerprint density at radius 1 is 0.968 bits per heavy atom. The molecule has 156 valence electrons. The molecule has 31 heavy (non-hydrogen) atoms. The molecule has 4 aromatic rings. The van der Waals surface area contributed by atoms with Crippen LogP contribution in [0, 0.1) is 0 Å². The zero-order valence-corrected chi connectivity index (χ0v) is 17.7. The second-order valence-electron chi connectivity index (χ2n) is 8.73. The van der Waals surface area contributed by atoms with Crippen molar-refractivity contribution in [2.75, 3.05) is 33.2 Å². The van der Waals surface area contributed by atoms with E-state index in [0.29, 0.717) is 0 Å². The van der Waals surface area contributed by atoms with Crippen LogP contribution >= 0.6 is 0 Å². The van der Waals surface area contributed by atoms with E-state index in [4.69, 9.17) is 4.98 Å². The van der Waals surface area contributed by atoms with Crippen LogP contribution in [-0.2, 0) is 12.8 Å². The minimum absolute atomic E-state index is 0.124. The summed E-state index contributed by atoms with van der Waals surface area (Å²) >= 11 is 0. The Hall–Kier alpha value is -3.25. The Balaban J connectivity index is 1.39. The molecule has 2 aromatic carbocycles. The van der Waals surface area contributed by atoms with Gasteiger partial charge in [-0.2, -0.15) is 5.10 Å². The number of hydrogen-bond acceptors (Lipinski definition) is 4. The average molecular weight is 412 g/mol. The molecule has 1 N–H and O–H groups in total. The van der Waals surface area contributed by atoms with Gasteiger partial charge in [-0.1, -0.05) is 12.1 Å². The van der Waals surface area contributed by atoms with Crippen LogP contribution in [0.1, 0.15) is 27.9 Å². The van der Waals surface area contributed by atoms with Crippen LogP contribution < -0.4 is 0 Å². The average Bonchev–Trinajstić information content (AvgIpc) is 3.48. The number of rotatable bonds is 2. The highest BCUT2D eigenvalue weighted by Crippen LogP contribution is 2.38. The molecule has 3 heterocycles. The molecule has 0 saturated carbocycles. The van der Waals surface area contributed by atoms with E-state index in [0.717, 1.165) is 78.7 Å². The summed E-state index contributed by atoms with van der Waals surface area (Å²) in [4.78, 5) is 22.2. The highest BCUT2D eigenvalue weighted by Gasteiger charge is 2.23. The quantitative estimate of drug-likeness (QED) is 0.547. The minimum Gasteiger partial charge on any atom is -0.336 e. The first-order valence-electron chi connectivity index (χ1n) is 11.0. The van der Waals surface area contributed by atoms with Gasteiger partial charge < -0.3 is 9.80 Å². The lowest BCUT2D eigenvalue weighted by Gasteiger charge is -2.32. The predicted molar refractivity (Wildman–Crippen MR) is 122 cm³/mol. The number of carbonyl (C=O) groups excluding carboxylic acids is 1. The second kappa shape index (κ2) is 7.17. The van der Waals surface area contributed by atoms with Crippen LogP contribution in [0.4, 0.5) is 0 Å². The highest BCUT2D eigenvalue weighted by atomic mass is 16.2. The zero-order chi connectivity index (χ0) is 20.9. The molecule has 1 saturated heterocycles. The van der Waals surface area contributed by atoms with Crippen molar-refractivity contribution in [3.63, 3.8) is 0 Å². The number of piperazine rings is 1. The van der Waals surface area contributed by atoms with Crippen LogP contribution in [0.5, 0.6) is 0 Å². The van der Waals surface area contributed by atoms with Crippen LogP contribution in [0.3, 0.4) is 0 Å². The molecule has 1 aliphatic heterocycles. The van der Waals surface area contributed by atoms with Crippen LogP contribution in [0.25, 0.3) is 33.1 Å². The largest absolute Gasteiger partial charge is 0.336 e. The molecule has 6 heteroatoms. The molecule has 0 spiro atoms. The fourth-order valence-corrected chi connectivity index (χ4v) is 5.09. The van der Waals surface area contributed by atoms with E-state index in [-0.39, 0.29) is 5.91 Å². The summed E-state index contributed by atoms with van der Waals surface area (Å²) in [7, 11) is 2.10. The third kappa shape index (κ3) is 3.01. The van der Waals surface area contributed by atoms with Crippen LogP contribution in [0.2, 0.25) is 0 Å². The number of benzene rings is 2. The van der Waals surface area contributed by atoms with Crippen molar-refractivity contribution in [1.82, 2.24) is 25.0 Å². The van der Waals surface area contributed by atoms with Gasteiger partial charge in [-0.25, -0.2) is 4.98 Å². The molecule has 1 aliphatic carbocycles. The number of likely N-dealkylation sites (N-methyl/N-ethyl adjacent to an activating group) is 1. The molecular formula is C25H25N5O. The molecular weight excluding hydrogens is 386 g/mol. The Bertz CT molecular complexity index is 1300. The number of amides is 1. The van der Waals surface area contributed by atoms with Gasteiger partial charge in [0, 0.05) is 48.1 Å². The maximum Gasteiger partial charge on any atom is 0.253 e. The summed E-state index contributed by atoms with van der Waals surface area (Å²) in [6.45, 7) is 3.44. The number of nitrogens with zero attached hydrogens (tertiary/aromatic N) is 4. The summed E-state index contributed by atoms with van der Waals surface area (Å²) in [6.07, 6.45) is 5.18. The highest BCUT2D eigenvalue weighted by molar-refractivity contribution is 6.08. The number of aromatic nitrogens is 3. The molecule has 6 nitrogen and oxygen atoms in total. The Morgan fingerprint density at radius 3 is 2.55 bits per heavy atom. The maximum atomic E-state index is 12.9. The SMILES string of the molecule is CN1CCN(C(=O)c2ccc(-c3nc4ccc5[nH]ncc5c4c4c3CCC4)cc2)CC1. The van der Waals surface area contributed by atoms with Gasteiger partial charge in [-0.15, -0.1) is 0 Å². The number of carbonyl (C=O) groups is 1. The lowest BCUT2D eigenvalue weighted by Crippen LogP contribution is -2.47.